The maximum absolute atomic E-state index is 12.3. The minimum atomic E-state index is -0.392. The molecular formula is C18H20ClN5O3. The zero-order valence-electron chi connectivity index (χ0n) is 15.1. The first-order valence-electron chi connectivity index (χ1n) is 7.84. The van der Waals surface area contributed by atoms with Gasteiger partial charge in [-0.05, 0) is 23.8 Å². The summed E-state index contributed by atoms with van der Waals surface area (Å²) in [5.41, 5.74) is 8.48. The number of carbonyl (C=O) groups is 2. The number of imidazole rings is 1. The minimum Gasteiger partial charge on any atom is -0.464 e. The Labute approximate surface area is 162 Å². The third-order valence-corrected chi connectivity index (χ3v) is 3.97. The number of rotatable bonds is 4. The van der Waals surface area contributed by atoms with Gasteiger partial charge in [0.05, 0.1) is 7.11 Å². The van der Waals surface area contributed by atoms with Crippen molar-refractivity contribution in [2.24, 2.45) is 14.1 Å². The van der Waals surface area contributed by atoms with Gasteiger partial charge in [0.15, 0.2) is 0 Å². The lowest BCUT2D eigenvalue weighted by Crippen LogP contribution is -2.16. The third kappa shape index (κ3) is 4.12. The lowest BCUT2D eigenvalue weighted by atomic mass is 10.1. The Morgan fingerprint density at radius 1 is 1.07 bits per heavy atom. The molecule has 0 unspecified atom stereocenters. The highest BCUT2D eigenvalue weighted by atomic mass is 35.5. The van der Waals surface area contributed by atoms with E-state index in [2.05, 4.69) is 10.3 Å². The Balaban J connectivity index is 0.00000261. The Morgan fingerprint density at radius 2 is 1.74 bits per heavy atom. The average Bonchev–Trinajstić information content (AvgIpc) is 3.17. The summed E-state index contributed by atoms with van der Waals surface area (Å²) < 4.78 is 8.04. The highest BCUT2D eigenvalue weighted by molar-refractivity contribution is 6.02. The van der Waals surface area contributed by atoms with Crippen LogP contribution in [-0.2, 0) is 18.8 Å². The molecule has 3 rings (SSSR count). The molecule has 0 saturated heterocycles. The first-order chi connectivity index (χ1) is 12.4. The second kappa shape index (κ2) is 7.96. The maximum Gasteiger partial charge on any atom is 0.354 e. The van der Waals surface area contributed by atoms with Gasteiger partial charge in [0, 0.05) is 37.7 Å². The summed E-state index contributed by atoms with van der Waals surface area (Å²) in [4.78, 5) is 28.0. The average molecular weight is 390 g/mol. The number of anilines is 2. The number of halogens is 1. The second-order valence-corrected chi connectivity index (χ2v) is 5.85. The molecule has 0 fully saturated rings. The number of hydrogen-bond donors (Lipinski definition) is 2. The molecule has 0 bridgehead atoms. The molecule has 8 nitrogen and oxygen atoms in total. The molecule has 142 valence electrons. The fourth-order valence-electron chi connectivity index (χ4n) is 2.66. The Hall–Kier alpha value is -3.26. The van der Waals surface area contributed by atoms with E-state index in [0.29, 0.717) is 17.2 Å². The molecule has 3 aromatic rings. The lowest BCUT2D eigenvalue weighted by molar-refractivity contribution is 0.0590. The summed E-state index contributed by atoms with van der Waals surface area (Å²) in [6.45, 7) is 0. The van der Waals surface area contributed by atoms with Crippen LogP contribution < -0.4 is 11.1 Å². The number of nitrogen functional groups attached to an aromatic ring is 1. The number of nitrogens with one attached hydrogen (secondary N) is 1. The van der Waals surface area contributed by atoms with Crippen molar-refractivity contribution in [2.75, 3.05) is 18.2 Å². The zero-order chi connectivity index (χ0) is 18.8. The summed E-state index contributed by atoms with van der Waals surface area (Å²) in [5.74, 6) is -0.211. The van der Waals surface area contributed by atoms with Gasteiger partial charge in [-0.1, -0.05) is 12.1 Å². The molecule has 0 aliphatic heterocycles. The van der Waals surface area contributed by atoms with Crippen LogP contribution in [0.15, 0.2) is 42.7 Å². The molecule has 0 aliphatic carbocycles. The molecule has 9 heteroatoms. The minimum absolute atomic E-state index is 0. The summed E-state index contributed by atoms with van der Waals surface area (Å²) in [5, 5.41) is 2.78. The molecule has 2 heterocycles. The highest BCUT2D eigenvalue weighted by Gasteiger charge is 2.14. The first kappa shape index (κ1) is 20.1. The summed E-state index contributed by atoms with van der Waals surface area (Å²) in [6, 6.07) is 9.04. The van der Waals surface area contributed by atoms with E-state index in [1.807, 2.05) is 18.3 Å². The summed E-state index contributed by atoms with van der Waals surface area (Å²) in [6.07, 6.45) is 3.42. The number of amides is 1. The number of esters is 1. The van der Waals surface area contributed by atoms with Crippen molar-refractivity contribution >= 4 is 35.8 Å². The van der Waals surface area contributed by atoms with Gasteiger partial charge in [-0.2, -0.15) is 0 Å². The fourth-order valence-corrected chi connectivity index (χ4v) is 2.66. The highest BCUT2D eigenvalue weighted by Crippen LogP contribution is 2.24. The van der Waals surface area contributed by atoms with Crippen LogP contribution in [0.2, 0.25) is 0 Å². The number of nitrogens with zero attached hydrogens (tertiary/aromatic N) is 3. The molecule has 0 saturated carbocycles. The van der Waals surface area contributed by atoms with E-state index in [9.17, 15) is 9.59 Å². The first-order valence-corrected chi connectivity index (χ1v) is 7.84. The van der Waals surface area contributed by atoms with Gasteiger partial charge in [-0.3, -0.25) is 4.79 Å². The third-order valence-electron chi connectivity index (χ3n) is 3.97. The maximum atomic E-state index is 12.3. The monoisotopic (exact) mass is 389 g/mol. The second-order valence-electron chi connectivity index (χ2n) is 5.85. The molecular weight excluding hydrogens is 370 g/mol. The number of hydrogen-bond acceptors (Lipinski definition) is 5. The number of aromatic nitrogens is 3. The SMILES string of the molecule is COC(=O)c1cc(-c2ccc(NC(=O)c3nc(N)cn3C)cc2)cn1C.Cl. The van der Waals surface area contributed by atoms with Crippen LogP contribution >= 0.6 is 12.4 Å². The van der Waals surface area contributed by atoms with Crippen LogP contribution in [0.5, 0.6) is 0 Å². The van der Waals surface area contributed by atoms with Crippen molar-refractivity contribution in [2.45, 2.75) is 0 Å². The van der Waals surface area contributed by atoms with E-state index in [1.165, 1.54) is 7.11 Å². The van der Waals surface area contributed by atoms with E-state index in [0.717, 1.165) is 11.1 Å². The number of carbonyl (C=O) groups excluding carboxylic acids is 2. The number of ether oxygens (including phenoxy) is 1. The number of nitrogens with two attached hydrogens (primary N) is 1. The fraction of sp³-hybridized carbons (Fsp3) is 0.167. The predicted octanol–water partition coefficient (Wildman–Crippen LogP) is 2.47. The molecule has 27 heavy (non-hydrogen) atoms. The number of benzene rings is 1. The van der Waals surface area contributed by atoms with Gasteiger partial charge in [0.2, 0.25) is 5.82 Å². The van der Waals surface area contributed by atoms with E-state index in [1.54, 1.807) is 47.6 Å². The van der Waals surface area contributed by atoms with E-state index in [-0.39, 0.29) is 24.1 Å². The molecule has 2 aromatic heterocycles. The predicted molar refractivity (Wildman–Crippen MR) is 105 cm³/mol. The largest absolute Gasteiger partial charge is 0.464 e. The molecule has 0 spiro atoms. The van der Waals surface area contributed by atoms with Gasteiger partial charge < -0.3 is 24.9 Å². The molecule has 0 radical (unpaired) electrons. The quantitative estimate of drug-likeness (QED) is 0.667. The smallest absolute Gasteiger partial charge is 0.354 e. The van der Waals surface area contributed by atoms with Crippen molar-refractivity contribution < 1.29 is 14.3 Å². The van der Waals surface area contributed by atoms with Crippen LogP contribution in [0.4, 0.5) is 11.5 Å². The van der Waals surface area contributed by atoms with Crippen LogP contribution in [0.3, 0.4) is 0 Å². The van der Waals surface area contributed by atoms with Gasteiger partial charge in [0.25, 0.3) is 5.91 Å². The van der Waals surface area contributed by atoms with Crippen molar-refractivity contribution in [3.63, 3.8) is 0 Å². The van der Waals surface area contributed by atoms with Crippen molar-refractivity contribution in [3.05, 3.63) is 54.2 Å². The van der Waals surface area contributed by atoms with Crippen molar-refractivity contribution in [1.82, 2.24) is 14.1 Å². The topological polar surface area (TPSA) is 104 Å². The lowest BCUT2D eigenvalue weighted by Gasteiger charge is -2.06. The van der Waals surface area contributed by atoms with Crippen LogP contribution in [0.1, 0.15) is 21.1 Å². The van der Waals surface area contributed by atoms with E-state index >= 15 is 0 Å². The summed E-state index contributed by atoms with van der Waals surface area (Å²) in [7, 11) is 4.83. The Morgan fingerprint density at radius 3 is 2.30 bits per heavy atom. The van der Waals surface area contributed by atoms with Gasteiger partial charge in [-0.15, -0.1) is 12.4 Å². The molecule has 1 amide bonds. The van der Waals surface area contributed by atoms with Crippen LogP contribution in [-0.4, -0.2) is 33.1 Å². The van der Waals surface area contributed by atoms with Gasteiger partial charge in [0.1, 0.15) is 11.5 Å². The van der Waals surface area contributed by atoms with E-state index in [4.69, 9.17) is 10.5 Å². The van der Waals surface area contributed by atoms with Crippen molar-refractivity contribution in [1.29, 1.82) is 0 Å². The zero-order valence-corrected chi connectivity index (χ0v) is 15.9. The number of aryl methyl sites for hydroxylation is 2. The van der Waals surface area contributed by atoms with Crippen LogP contribution in [0, 0.1) is 0 Å². The standard InChI is InChI=1S/C18H19N5O3.ClH/c1-22-9-12(8-14(22)18(25)26-3)11-4-6-13(7-5-11)20-17(24)16-21-15(19)10-23(16)2;/h4-10H,19H2,1-3H3,(H,20,24);1H. The van der Waals surface area contributed by atoms with Crippen LogP contribution in [0.25, 0.3) is 11.1 Å². The van der Waals surface area contributed by atoms with E-state index < -0.39 is 5.97 Å². The number of methoxy groups -OCH3 is 1. The van der Waals surface area contributed by atoms with Gasteiger partial charge in [-0.25, -0.2) is 9.78 Å². The molecule has 1 aromatic carbocycles. The molecule has 0 aliphatic rings. The molecule has 3 N–H and O–H groups in total. The normalized spacial score (nSPS) is 10.2. The summed E-state index contributed by atoms with van der Waals surface area (Å²) >= 11 is 0. The van der Waals surface area contributed by atoms with Crippen molar-refractivity contribution in [3.8, 4) is 11.1 Å². The Kier molecular flexibility index (Phi) is 5.91. The van der Waals surface area contributed by atoms with Gasteiger partial charge >= 0.3 is 5.97 Å². The Bertz CT molecular complexity index is 976. The molecule has 0 atom stereocenters.